The fraction of sp³-hybridized carbons (Fsp3) is 0.800. The Morgan fingerprint density at radius 1 is 1.18 bits per heavy atom. The summed E-state index contributed by atoms with van der Waals surface area (Å²) in [6, 6.07) is 0. The quantitative estimate of drug-likeness (QED) is 0.410. The number of nitrogens with one attached hydrogen (secondary N) is 2. The van der Waals surface area contributed by atoms with E-state index in [1.165, 1.54) is 0 Å². The van der Waals surface area contributed by atoms with Crippen LogP contribution >= 0.6 is 12.6 Å². The van der Waals surface area contributed by atoms with Crippen LogP contribution in [0.2, 0.25) is 0 Å². The fourth-order valence-corrected chi connectivity index (χ4v) is 1.00. The van der Waals surface area contributed by atoms with E-state index in [1.807, 2.05) is 13.8 Å². The third-order valence-corrected chi connectivity index (χ3v) is 1.80. The number of rotatable bonds is 9. The number of hydrogen-bond donors (Lipinski definition) is 3. The predicted molar refractivity (Wildman–Crippen MR) is 67.3 cm³/mol. The van der Waals surface area contributed by atoms with E-state index in [0.29, 0.717) is 26.3 Å². The number of carbonyl (C=O) groups excluding carboxylic acids is 2. The molecule has 0 aromatic rings. The normalized spacial score (nSPS) is 10.4. The first-order chi connectivity index (χ1) is 8.02. The zero-order valence-electron chi connectivity index (χ0n) is 10.2. The Morgan fingerprint density at radius 2 is 1.76 bits per heavy atom. The summed E-state index contributed by atoms with van der Waals surface area (Å²) in [5.74, 6) is -0.161. The largest absolute Gasteiger partial charge is 0.378 e. The van der Waals surface area contributed by atoms with Crippen LogP contribution in [0.5, 0.6) is 0 Å². The van der Waals surface area contributed by atoms with Gasteiger partial charge in [-0.15, -0.1) is 0 Å². The Bertz CT molecular complexity index is 236. The van der Waals surface area contributed by atoms with Gasteiger partial charge in [0.2, 0.25) is 5.91 Å². The predicted octanol–water partition coefficient (Wildman–Crippen LogP) is 0.184. The molecule has 7 heteroatoms. The van der Waals surface area contributed by atoms with Gasteiger partial charge in [0.25, 0.3) is 5.24 Å². The first-order valence-electron chi connectivity index (χ1n) is 5.45. The van der Waals surface area contributed by atoms with Gasteiger partial charge >= 0.3 is 0 Å². The molecule has 0 aliphatic carbocycles. The highest BCUT2D eigenvalue weighted by molar-refractivity contribution is 7.96. The number of hydrogen-bond acceptors (Lipinski definition) is 4. The number of ether oxygens (including phenoxy) is 2. The molecule has 2 amide bonds. The zero-order valence-corrected chi connectivity index (χ0v) is 11.1. The van der Waals surface area contributed by atoms with Crippen LogP contribution in [0.1, 0.15) is 13.8 Å². The zero-order chi connectivity index (χ0) is 13.1. The minimum absolute atomic E-state index is 0.0434. The van der Waals surface area contributed by atoms with E-state index in [2.05, 4.69) is 23.3 Å². The van der Waals surface area contributed by atoms with E-state index in [-0.39, 0.29) is 23.9 Å². The fourth-order valence-electron chi connectivity index (χ4n) is 0.888. The molecule has 0 aromatic carbocycles. The Hall–Kier alpha value is -0.790. The van der Waals surface area contributed by atoms with Crippen LogP contribution in [0.15, 0.2) is 0 Å². The molecule has 17 heavy (non-hydrogen) atoms. The number of carbonyl (C=O) groups is 2. The number of amides is 2. The topological polar surface area (TPSA) is 76.7 Å². The minimum Gasteiger partial charge on any atom is -0.378 e. The van der Waals surface area contributed by atoms with Crippen molar-refractivity contribution >= 4 is 23.8 Å². The van der Waals surface area contributed by atoms with Crippen molar-refractivity contribution in [2.24, 2.45) is 0 Å². The van der Waals surface area contributed by atoms with Crippen molar-refractivity contribution < 1.29 is 19.1 Å². The van der Waals surface area contributed by atoms with Gasteiger partial charge in [0.05, 0.1) is 19.3 Å². The summed E-state index contributed by atoms with van der Waals surface area (Å²) in [7, 11) is 0. The summed E-state index contributed by atoms with van der Waals surface area (Å²) in [5.41, 5.74) is 0. The number of thiol groups is 1. The molecular weight excluding hydrogens is 244 g/mol. The average molecular weight is 264 g/mol. The van der Waals surface area contributed by atoms with E-state index < -0.39 is 0 Å². The smallest absolute Gasteiger partial charge is 0.276 e. The molecule has 0 heterocycles. The molecule has 100 valence electrons. The molecule has 0 unspecified atom stereocenters. The second kappa shape index (κ2) is 10.4. The molecule has 0 radical (unpaired) electrons. The molecule has 0 aliphatic heterocycles. The molecular formula is C10H20N2O4S. The van der Waals surface area contributed by atoms with Gasteiger partial charge < -0.3 is 20.1 Å². The van der Waals surface area contributed by atoms with Gasteiger partial charge in [-0.2, -0.15) is 0 Å². The lowest BCUT2D eigenvalue weighted by molar-refractivity contribution is -0.127. The van der Waals surface area contributed by atoms with E-state index in [9.17, 15) is 9.59 Å². The van der Waals surface area contributed by atoms with Crippen molar-refractivity contribution in [1.29, 1.82) is 0 Å². The van der Waals surface area contributed by atoms with Crippen LogP contribution in [-0.2, 0) is 14.3 Å². The highest BCUT2D eigenvalue weighted by Gasteiger charge is 2.01. The van der Waals surface area contributed by atoms with Crippen molar-refractivity contribution in [1.82, 2.24) is 10.6 Å². The van der Waals surface area contributed by atoms with Gasteiger partial charge in [0, 0.05) is 13.1 Å². The Morgan fingerprint density at radius 3 is 2.29 bits per heavy atom. The van der Waals surface area contributed by atoms with Gasteiger partial charge in [-0.05, 0) is 13.8 Å². The lowest BCUT2D eigenvalue weighted by Gasteiger charge is -2.08. The summed E-state index contributed by atoms with van der Waals surface area (Å²) in [5, 5.41) is 4.74. The third-order valence-electron chi connectivity index (χ3n) is 1.64. The van der Waals surface area contributed by atoms with Gasteiger partial charge in [0.15, 0.2) is 0 Å². The summed E-state index contributed by atoms with van der Waals surface area (Å²) in [6.07, 6.45) is 0.0434. The van der Waals surface area contributed by atoms with Crippen LogP contribution in [0.4, 0.5) is 4.79 Å². The van der Waals surface area contributed by atoms with Gasteiger partial charge in [0.1, 0.15) is 6.61 Å². The Labute approximate surface area is 107 Å². The van der Waals surface area contributed by atoms with Crippen LogP contribution in [0.25, 0.3) is 0 Å². The second-order valence-electron chi connectivity index (χ2n) is 3.55. The molecule has 6 nitrogen and oxygen atoms in total. The average Bonchev–Trinajstić information content (AvgIpc) is 2.24. The van der Waals surface area contributed by atoms with Crippen LogP contribution in [0, 0.1) is 0 Å². The molecule has 0 aromatic heterocycles. The lowest BCUT2D eigenvalue weighted by Crippen LogP contribution is -2.32. The van der Waals surface area contributed by atoms with E-state index in [4.69, 9.17) is 9.47 Å². The second-order valence-corrected chi connectivity index (χ2v) is 3.96. The molecule has 2 N–H and O–H groups in total. The highest BCUT2D eigenvalue weighted by Crippen LogP contribution is 1.86. The lowest BCUT2D eigenvalue weighted by atomic mass is 10.5. The van der Waals surface area contributed by atoms with Crippen molar-refractivity contribution in [3.8, 4) is 0 Å². The van der Waals surface area contributed by atoms with Crippen molar-refractivity contribution in [2.45, 2.75) is 20.0 Å². The molecule has 0 rings (SSSR count). The van der Waals surface area contributed by atoms with Gasteiger partial charge in [-0.3, -0.25) is 9.59 Å². The van der Waals surface area contributed by atoms with Gasteiger partial charge in [-0.1, -0.05) is 12.6 Å². The molecule has 0 fully saturated rings. The maximum Gasteiger partial charge on any atom is 0.276 e. The maximum atomic E-state index is 11.2. The monoisotopic (exact) mass is 264 g/mol. The van der Waals surface area contributed by atoms with E-state index in [0.717, 1.165) is 0 Å². The molecule has 0 spiro atoms. The molecule has 0 bridgehead atoms. The van der Waals surface area contributed by atoms with E-state index in [1.54, 1.807) is 0 Å². The molecule has 0 aliphatic rings. The highest BCUT2D eigenvalue weighted by atomic mass is 32.1. The summed E-state index contributed by atoms with van der Waals surface area (Å²) >= 11 is 3.53. The van der Waals surface area contributed by atoms with Crippen molar-refractivity contribution in [3.05, 3.63) is 0 Å². The third kappa shape index (κ3) is 13.1. The van der Waals surface area contributed by atoms with Crippen molar-refractivity contribution in [3.63, 3.8) is 0 Å². The Kier molecular flexibility index (Phi) is 9.89. The first-order valence-corrected chi connectivity index (χ1v) is 5.90. The molecule has 0 atom stereocenters. The standard InChI is InChI=1S/C10H20N2O4S/c1-8(2)16-7-9(13)11-3-5-15-6-4-12-10(14)17/h8H,3-7H2,1-2H3,(H,11,13)(H2,12,14,17). The van der Waals surface area contributed by atoms with Gasteiger partial charge in [-0.25, -0.2) is 0 Å². The Balaban J connectivity index is 3.22. The van der Waals surface area contributed by atoms with Crippen LogP contribution in [-0.4, -0.2) is 50.2 Å². The minimum atomic E-state index is -0.382. The summed E-state index contributed by atoms with van der Waals surface area (Å²) in [6.45, 7) is 5.42. The van der Waals surface area contributed by atoms with Crippen molar-refractivity contribution in [2.75, 3.05) is 32.9 Å². The molecule has 0 saturated heterocycles. The van der Waals surface area contributed by atoms with Crippen LogP contribution in [0.3, 0.4) is 0 Å². The van der Waals surface area contributed by atoms with E-state index >= 15 is 0 Å². The first kappa shape index (κ1) is 16.2. The molecule has 0 saturated carbocycles. The summed E-state index contributed by atoms with van der Waals surface area (Å²) < 4.78 is 10.3. The summed E-state index contributed by atoms with van der Waals surface area (Å²) in [4.78, 5) is 21.5. The van der Waals surface area contributed by atoms with Crippen LogP contribution < -0.4 is 10.6 Å². The SMILES string of the molecule is CC(C)OCC(=O)NCCOCCNC(=O)S. The maximum absolute atomic E-state index is 11.2.